The summed E-state index contributed by atoms with van der Waals surface area (Å²) in [6, 6.07) is 9.11. The Morgan fingerprint density at radius 2 is 1.79 bits per heavy atom. The van der Waals surface area contributed by atoms with Crippen molar-refractivity contribution in [3.63, 3.8) is 0 Å². The fraction of sp³-hybridized carbons (Fsp3) is 0.312. The number of hydrogen-bond acceptors (Lipinski definition) is 2. The first-order valence-electron chi connectivity index (χ1n) is 6.28. The van der Waals surface area contributed by atoms with Crippen molar-refractivity contribution in [2.24, 2.45) is 0 Å². The van der Waals surface area contributed by atoms with E-state index in [9.17, 15) is 9.50 Å². The van der Waals surface area contributed by atoms with Gasteiger partial charge in [0.25, 0.3) is 0 Å². The summed E-state index contributed by atoms with van der Waals surface area (Å²) in [5, 5.41) is 10.4. The monoisotopic (exact) mass is 259 g/mol. The highest BCUT2D eigenvalue weighted by molar-refractivity contribution is 5.39. The molecule has 0 bridgehead atoms. The van der Waals surface area contributed by atoms with E-state index in [0.29, 0.717) is 0 Å². The molecule has 0 aliphatic heterocycles. The average molecular weight is 259 g/mol. The average Bonchev–Trinajstić information content (AvgIpc) is 2.37. The van der Waals surface area contributed by atoms with Crippen LogP contribution in [0.25, 0.3) is 0 Å². The lowest BCUT2D eigenvalue weighted by Crippen LogP contribution is -2.17. The molecule has 1 unspecified atom stereocenters. The Morgan fingerprint density at radius 1 is 1.11 bits per heavy atom. The van der Waals surface area contributed by atoms with Gasteiger partial charge in [-0.25, -0.2) is 4.39 Å². The first kappa shape index (κ1) is 13.7. The number of rotatable bonds is 2. The van der Waals surface area contributed by atoms with Crippen molar-refractivity contribution in [3.8, 4) is 0 Å². The third kappa shape index (κ3) is 2.82. The number of pyridine rings is 1. The normalized spacial score (nSPS) is 13.3. The van der Waals surface area contributed by atoms with Crippen molar-refractivity contribution in [3.05, 3.63) is 65.2 Å². The van der Waals surface area contributed by atoms with Crippen molar-refractivity contribution in [1.29, 1.82) is 0 Å². The van der Waals surface area contributed by atoms with E-state index in [1.165, 1.54) is 12.3 Å². The standard InChI is InChI=1S/C16H18FNO/c1-16(2,3)13-7-5-4-6-11(13)15(19)12-8-9-18-10-14(12)17/h4-10,15,19H,1-3H3. The van der Waals surface area contributed by atoms with Crippen molar-refractivity contribution in [1.82, 2.24) is 4.98 Å². The Bertz CT molecular complexity index is 575. The molecule has 0 saturated heterocycles. The molecule has 2 nitrogen and oxygen atoms in total. The maximum absolute atomic E-state index is 13.7. The highest BCUT2D eigenvalue weighted by Crippen LogP contribution is 2.33. The SMILES string of the molecule is CC(C)(C)c1ccccc1C(O)c1ccncc1F. The van der Waals surface area contributed by atoms with Crippen LogP contribution in [0.1, 0.15) is 43.6 Å². The van der Waals surface area contributed by atoms with E-state index in [0.717, 1.165) is 17.3 Å². The third-order valence-corrected chi connectivity index (χ3v) is 3.16. The first-order chi connectivity index (χ1) is 8.91. The zero-order valence-corrected chi connectivity index (χ0v) is 11.4. The molecule has 2 aromatic rings. The second-order valence-corrected chi connectivity index (χ2v) is 5.64. The number of halogens is 1. The Balaban J connectivity index is 2.51. The van der Waals surface area contributed by atoms with Gasteiger partial charge < -0.3 is 5.11 Å². The summed E-state index contributed by atoms with van der Waals surface area (Å²) >= 11 is 0. The van der Waals surface area contributed by atoms with E-state index in [1.54, 1.807) is 0 Å². The van der Waals surface area contributed by atoms with Gasteiger partial charge in [0.1, 0.15) is 11.9 Å². The van der Waals surface area contributed by atoms with Gasteiger partial charge in [-0.3, -0.25) is 4.98 Å². The number of nitrogens with zero attached hydrogens (tertiary/aromatic N) is 1. The fourth-order valence-corrected chi connectivity index (χ4v) is 2.19. The van der Waals surface area contributed by atoms with Crippen LogP contribution in [0.5, 0.6) is 0 Å². The van der Waals surface area contributed by atoms with Gasteiger partial charge in [-0.05, 0) is 22.6 Å². The summed E-state index contributed by atoms with van der Waals surface area (Å²) in [7, 11) is 0. The van der Waals surface area contributed by atoms with Gasteiger partial charge in [-0.15, -0.1) is 0 Å². The summed E-state index contributed by atoms with van der Waals surface area (Å²) in [4.78, 5) is 3.71. The third-order valence-electron chi connectivity index (χ3n) is 3.16. The Kier molecular flexibility index (Phi) is 3.67. The second-order valence-electron chi connectivity index (χ2n) is 5.64. The van der Waals surface area contributed by atoms with Gasteiger partial charge in [0.15, 0.2) is 0 Å². The summed E-state index contributed by atoms with van der Waals surface area (Å²) in [6.07, 6.45) is 1.64. The molecule has 1 atom stereocenters. The molecule has 0 saturated carbocycles. The number of aromatic nitrogens is 1. The lowest BCUT2D eigenvalue weighted by atomic mass is 9.81. The summed E-state index contributed by atoms with van der Waals surface area (Å²) in [6.45, 7) is 6.21. The molecule has 0 aliphatic rings. The van der Waals surface area contributed by atoms with Crippen LogP contribution in [0, 0.1) is 5.82 Å². The largest absolute Gasteiger partial charge is 0.384 e. The van der Waals surface area contributed by atoms with E-state index in [-0.39, 0.29) is 11.0 Å². The minimum atomic E-state index is -0.974. The van der Waals surface area contributed by atoms with Gasteiger partial charge in [0.2, 0.25) is 0 Å². The van der Waals surface area contributed by atoms with E-state index in [2.05, 4.69) is 25.8 Å². The molecule has 1 N–H and O–H groups in total. The Hall–Kier alpha value is -1.74. The molecule has 2 rings (SSSR count). The number of benzene rings is 1. The highest BCUT2D eigenvalue weighted by Gasteiger charge is 2.23. The van der Waals surface area contributed by atoms with Crippen LogP contribution in [0.3, 0.4) is 0 Å². The van der Waals surface area contributed by atoms with Crippen molar-refractivity contribution in [2.45, 2.75) is 32.3 Å². The zero-order chi connectivity index (χ0) is 14.0. The molecule has 0 amide bonds. The predicted molar refractivity (Wildman–Crippen MR) is 73.4 cm³/mol. The molecule has 3 heteroatoms. The molecule has 19 heavy (non-hydrogen) atoms. The van der Waals surface area contributed by atoms with Crippen LogP contribution in [0.2, 0.25) is 0 Å². The quantitative estimate of drug-likeness (QED) is 0.894. The van der Waals surface area contributed by atoms with Crippen LogP contribution >= 0.6 is 0 Å². The maximum Gasteiger partial charge on any atom is 0.147 e. The van der Waals surface area contributed by atoms with Gasteiger partial charge >= 0.3 is 0 Å². The van der Waals surface area contributed by atoms with E-state index in [4.69, 9.17) is 0 Å². The van der Waals surface area contributed by atoms with Crippen LogP contribution in [0.4, 0.5) is 4.39 Å². The van der Waals surface area contributed by atoms with Crippen LogP contribution in [-0.4, -0.2) is 10.1 Å². The molecule has 1 aromatic carbocycles. The summed E-state index contributed by atoms with van der Waals surface area (Å²) in [5.41, 5.74) is 1.90. The highest BCUT2D eigenvalue weighted by atomic mass is 19.1. The summed E-state index contributed by atoms with van der Waals surface area (Å²) < 4.78 is 13.7. The van der Waals surface area contributed by atoms with Crippen molar-refractivity contribution in [2.75, 3.05) is 0 Å². The molecule has 1 heterocycles. The molecule has 0 aliphatic carbocycles. The molecule has 1 aromatic heterocycles. The molecular weight excluding hydrogens is 241 g/mol. The smallest absolute Gasteiger partial charge is 0.147 e. The molecule has 0 radical (unpaired) electrons. The first-order valence-corrected chi connectivity index (χ1v) is 6.28. The fourth-order valence-electron chi connectivity index (χ4n) is 2.19. The molecule has 0 fully saturated rings. The van der Waals surface area contributed by atoms with Gasteiger partial charge in [-0.2, -0.15) is 0 Å². The number of hydrogen-bond donors (Lipinski definition) is 1. The Labute approximate surface area is 112 Å². The topological polar surface area (TPSA) is 33.1 Å². The van der Waals surface area contributed by atoms with Gasteiger partial charge in [0, 0.05) is 11.8 Å². The number of aliphatic hydroxyl groups excluding tert-OH is 1. The zero-order valence-electron chi connectivity index (χ0n) is 11.4. The van der Waals surface area contributed by atoms with Gasteiger partial charge in [0.05, 0.1) is 6.20 Å². The Morgan fingerprint density at radius 3 is 2.42 bits per heavy atom. The lowest BCUT2D eigenvalue weighted by molar-refractivity contribution is 0.212. The summed E-state index contributed by atoms with van der Waals surface area (Å²) in [5.74, 6) is -0.487. The van der Waals surface area contributed by atoms with Gasteiger partial charge in [-0.1, -0.05) is 45.0 Å². The van der Waals surface area contributed by atoms with Crippen LogP contribution in [0.15, 0.2) is 42.7 Å². The molecule has 0 spiro atoms. The van der Waals surface area contributed by atoms with E-state index in [1.807, 2.05) is 24.3 Å². The number of aliphatic hydroxyl groups is 1. The molecule has 100 valence electrons. The van der Waals surface area contributed by atoms with Crippen molar-refractivity contribution >= 4 is 0 Å². The van der Waals surface area contributed by atoms with E-state index >= 15 is 0 Å². The van der Waals surface area contributed by atoms with Crippen LogP contribution in [-0.2, 0) is 5.41 Å². The van der Waals surface area contributed by atoms with Crippen molar-refractivity contribution < 1.29 is 9.50 Å². The second kappa shape index (κ2) is 5.10. The predicted octanol–water partition coefficient (Wildman–Crippen LogP) is 3.60. The van der Waals surface area contributed by atoms with Crippen LogP contribution < -0.4 is 0 Å². The minimum Gasteiger partial charge on any atom is -0.384 e. The van der Waals surface area contributed by atoms with E-state index < -0.39 is 11.9 Å². The maximum atomic E-state index is 13.7. The minimum absolute atomic E-state index is 0.110. The molecular formula is C16H18FNO. The lowest BCUT2D eigenvalue weighted by Gasteiger charge is -2.25.